The first-order valence-corrected chi connectivity index (χ1v) is 16.8. The highest BCUT2D eigenvalue weighted by Gasteiger charge is 2.45. The Morgan fingerprint density at radius 1 is 0.978 bits per heavy atom. The van der Waals surface area contributed by atoms with Crippen molar-refractivity contribution in [1.29, 1.82) is 0 Å². The van der Waals surface area contributed by atoms with Crippen LogP contribution < -0.4 is 16.0 Å². The molecule has 45 heavy (non-hydrogen) atoms. The van der Waals surface area contributed by atoms with E-state index in [0.29, 0.717) is 30.1 Å². The summed E-state index contributed by atoms with van der Waals surface area (Å²) in [6, 6.07) is -0.338. The van der Waals surface area contributed by atoms with E-state index in [2.05, 4.69) is 33.6 Å². The van der Waals surface area contributed by atoms with Crippen molar-refractivity contribution >= 4 is 60.3 Å². The number of allylic oxidation sites excluding steroid dienone is 2. The van der Waals surface area contributed by atoms with E-state index in [1.165, 1.54) is 0 Å². The number of carbonyl (C=O) groups is 4. The highest BCUT2D eigenvalue weighted by atomic mass is 32.2. The minimum Gasteiger partial charge on any atom is -0.481 e. The maximum Gasteiger partial charge on any atom is 0.303 e. The molecule has 4 aliphatic rings. The summed E-state index contributed by atoms with van der Waals surface area (Å²) in [6.45, 7) is 7.82. The number of amides is 2. The van der Waals surface area contributed by atoms with Gasteiger partial charge in [-0.3, -0.25) is 19.2 Å². The van der Waals surface area contributed by atoms with E-state index in [4.69, 9.17) is 0 Å². The molecule has 0 aliphatic carbocycles. The molecular weight excluding hydrogens is 613 g/mol. The Hall–Kier alpha value is -3.64. The molecule has 5 atom stereocenters. The summed E-state index contributed by atoms with van der Waals surface area (Å²) in [4.78, 5) is 51.8. The zero-order chi connectivity index (χ0) is 32.6. The molecule has 12 heteroatoms. The van der Waals surface area contributed by atoms with Gasteiger partial charge in [-0.25, -0.2) is 0 Å². The van der Waals surface area contributed by atoms with Crippen molar-refractivity contribution in [3.63, 3.8) is 0 Å². The highest BCUT2D eigenvalue weighted by molar-refractivity contribution is 8.06. The summed E-state index contributed by atoms with van der Waals surface area (Å²) in [5.74, 6) is -0.912. The fraction of sp³-hybridized carbons (Fsp3) is 0.455. The molecule has 240 valence electrons. The van der Waals surface area contributed by atoms with Crippen LogP contribution in [-0.4, -0.2) is 62.0 Å². The van der Waals surface area contributed by atoms with Crippen molar-refractivity contribution in [2.75, 3.05) is 5.75 Å². The van der Waals surface area contributed by atoms with Crippen LogP contribution in [0.3, 0.4) is 0 Å². The maximum absolute atomic E-state index is 12.6. The third-order valence-electron chi connectivity index (χ3n) is 9.42. The van der Waals surface area contributed by atoms with Gasteiger partial charge >= 0.3 is 11.9 Å². The van der Waals surface area contributed by atoms with E-state index >= 15 is 0 Å². The van der Waals surface area contributed by atoms with Crippen molar-refractivity contribution in [3.05, 3.63) is 67.7 Å². The minimum absolute atomic E-state index is 0.0126. The number of carboxylic acids is 2. The van der Waals surface area contributed by atoms with Gasteiger partial charge in [-0.15, -0.1) is 0 Å². The van der Waals surface area contributed by atoms with E-state index in [-0.39, 0.29) is 48.6 Å². The Balaban J connectivity index is 1.50. The van der Waals surface area contributed by atoms with Crippen molar-refractivity contribution in [1.82, 2.24) is 20.9 Å². The lowest BCUT2D eigenvalue weighted by atomic mass is 9.91. The molecule has 0 radical (unpaired) electrons. The van der Waals surface area contributed by atoms with Crippen LogP contribution in [0, 0.1) is 18.8 Å². The fourth-order valence-corrected chi connectivity index (χ4v) is 7.74. The number of aromatic nitrogens is 1. The number of H-pyrrole nitrogens is 1. The number of aromatic amines is 1. The number of rotatable bonds is 12. The molecule has 2 amide bonds. The Bertz CT molecular complexity index is 1600. The maximum atomic E-state index is 12.6. The van der Waals surface area contributed by atoms with Gasteiger partial charge in [-0.05, 0) is 91.5 Å². The predicted molar refractivity (Wildman–Crippen MR) is 178 cm³/mol. The van der Waals surface area contributed by atoms with Crippen LogP contribution in [-0.2, 0) is 25.6 Å². The van der Waals surface area contributed by atoms with Gasteiger partial charge < -0.3 is 31.1 Å². The molecule has 1 aromatic heterocycles. The van der Waals surface area contributed by atoms with Gasteiger partial charge in [0.15, 0.2) is 0 Å². The lowest BCUT2D eigenvalue weighted by molar-refractivity contribution is -0.138. The van der Waals surface area contributed by atoms with Crippen LogP contribution in [0.15, 0.2) is 45.2 Å². The summed E-state index contributed by atoms with van der Waals surface area (Å²) in [5.41, 5.74) is 8.39. The lowest BCUT2D eigenvalue weighted by Gasteiger charge is -2.20. The molecule has 5 heterocycles. The Labute approximate surface area is 272 Å². The summed E-state index contributed by atoms with van der Waals surface area (Å²) in [6.07, 6.45) is 6.73. The van der Waals surface area contributed by atoms with Gasteiger partial charge in [-0.2, -0.15) is 24.4 Å². The second-order valence-electron chi connectivity index (χ2n) is 12.2. The molecule has 0 bridgehead atoms. The van der Waals surface area contributed by atoms with Gasteiger partial charge in [0.25, 0.3) is 5.91 Å². The normalized spacial score (nSPS) is 28.1. The van der Waals surface area contributed by atoms with E-state index in [0.717, 1.165) is 56.4 Å². The number of thioether (sulfide) groups is 1. The van der Waals surface area contributed by atoms with Crippen LogP contribution in [0.4, 0.5) is 0 Å². The van der Waals surface area contributed by atoms with Crippen molar-refractivity contribution in [2.24, 2.45) is 11.8 Å². The Morgan fingerprint density at radius 2 is 1.64 bits per heavy atom. The van der Waals surface area contributed by atoms with E-state index < -0.39 is 11.9 Å². The van der Waals surface area contributed by atoms with E-state index in [1.54, 1.807) is 11.5 Å². The first-order valence-electron chi connectivity index (χ1n) is 15.2. The number of hydrogen-bond donors (Lipinski definition) is 7. The van der Waals surface area contributed by atoms with E-state index in [1.807, 2.05) is 51.6 Å². The Morgan fingerprint density at radius 3 is 2.29 bits per heavy atom. The third kappa shape index (κ3) is 6.96. The number of carboxylic acid groups (broad SMARTS) is 2. The molecule has 0 spiro atoms. The average Bonchev–Trinajstić information content (AvgIpc) is 3.56. The van der Waals surface area contributed by atoms with Crippen molar-refractivity contribution < 1.29 is 29.4 Å². The predicted octanol–water partition coefficient (Wildman–Crippen LogP) is 4.32. The highest BCUT2D eigenvalue weighted by Crippen LogP contribution is 2.46. The zero-order valence-corrected chi connectivity index (χ0v) is 27.5. The van der Waals surface area contributed by atoms with Gasteiger partial charge in [0.1, 0.15) is 0 Å². The van der Waals surface area contributed by atoms with Crippen molar-refractivity contribution in [3.8, 4) is 0 Å². The molecule has 1 aromatic rings. The molecule has 2 saturated heterocycles. The topological polar surface area (TPSA) is 161 Å². The van der Waals surface area contributed by atoms with Gasteiger partial charge in [-0.1, -0.05) is 6.92 Å². The van der Waals surface area contributed by atoms with Crippen LogP contribution in [0.5, 0.6) is 0 Å². The quantitative estimate of drug-likeness (QED) is 0.130. The zero-order valence-electron chi connectivity index (χ0n) is 25.8. The smallest absolute Gasteiger partial charge is 0.303 e. The molecule has 1 unspecified atom stereocenters. The van der Waals surface area contributed by atoms with Crippen molar-refractivity contribution in [2.45, 2.75) is 77.1 Å². The number of nitrogens with one attached hydrogen (secondary N) is 4. The molecule has 4 aliphatic heterocycles. The summed E-state index contributed by atoms with van der Waals surface area (Å²) in [5, 5.41) is 30.6. The van der Waals surface area contributed by atoms with E-state index in [9.17, 15) is 29.4 Å². The summed E-state index contributed by atoms with van der Waals surface area (Å²) < 4.78 is 0. The number of aliphatic carboxylic acids is 2. The molecular formula is C33H40N4O6S2. The van der Waals surface area contributed by atoms with Gasteiger partial charge in [0, 0.05) is 70.1 Å². The largest absolute Gasteiger partial charge is 0.481 e. The summed E-state index contributed by atoms with van der Waals surface area (Å²) in [7, 11) is 0. The second kappa shape index (κ2) is 13.4. The van der Waals surface area contributed by atoms with Crippen LogP contribution in [0.1, 0.15) is 69.0 Å². The van der Waals surface area contributed by atoms with Gasteiger partial charge in [0.05, 0.1) is 6.04 Å². The standard InChI is InChI=1S/C33H40N4O6S2/c1-15-19(5-7-29(38)39)25(34-22(15)11-24-17(3)21(9-10-44)33(43)36-24)13-26-20(6-8-30(40)41)16(2)23(35-26)12-27-31(28-14-45-28)18(4)32(42)37-27/h9-10,12-13,18,22,24,28,31,34-35,44H,5-8,11,14H2,1-4H3,(H,36,43)(H,37,42)(H,38,39)(H,40,41)/b10-9+,25-13+,27-12-/t18-,22?,24-,28+,31-/m1/s1. The first-order chi connectivity index (χ1) is 21.4. The second-order valence-corrected chi connectivity index (χ2v) is 13.8. The minimum atomic E-state index is -0.900. The lowest BCUT2D eigenvalue weighted by Crippen LogP contribution is -2.36. The van der Waals surface area contributed by atoms with Crippen LogP contribution in [0.25, 0.3) is 12.2 Å². The number of carbonyl (C=O) groups excluding carboxylic acids is 2. The number of hydrogen-bond acceptors (Lipinski definition) is 7. The Kier molecular flexibility index (Phi) is 9.74. The molecule has 6 N–H and O–H groups in total. The molecule has 0 aromatic carbocycles. The van der Waals surface area contributed by atoms with Crippen LogP contribution >= 0.6 is 24.4 Å². The molecule has 5 rings (SSSR count). The molecule has 0 saturated carbocycles. The average molecular weight is 653 g/mol. The molecule has 2 fully saturated rings. The summed E-state index contributed by atoms with van der Waals surface area (Å²) >= 11 is 5.96. The fourth-order valence-electron chi connectivity index (χ4n) is 6.69. The monoisotopic (exact) mass is 652 g/mol. The van der Waals surface area contributed by atoms with Crippen LogP contribution in [0.2, 0.25) is 0 Å². The molecule has 10 nitrogen and oxygen atoms in total. The van der Waals surface area contributed by atoms with Gasteiger partial charge in [0.2, 0.25) is 5.91 Å². The first kappa shape index (κ1) is 32.7. The third-order valence-corrected chi connectivity index (χ3v) is 10.6. The number of thiol groups is 1. The SMILES string of the molecule is CC1=C(CCC(=O)O)/C(=C\c2[nH]c(/C=C3\NC(=O)[C@H](C)[C@H]3[C@@H]3CS3)c(C)c2CCC(=O)O)NC1C[C@H]1NC(=O)C(/C=C/S)=C1C.